The van der Waals surface area contributed by atoms with E-state index >= 15 is 0 Å². The van der Waals surface area contributed by atoms with Gasteiger partial charge in [0.15, 0.2) is 0 Å². The Morgan fingerprint density at radius 1 is 1.64 bits per heavy atom. The number of imidazole rings is 1. The minimum atomic E-state index is 0.206. The van der Waals surface area contributed by atoms with E-state index in [1.807, 2.05) is 17.8 Å². The molecule has 0 saturated carbocycles. The van der Waals surface area contributed by atoms with Crippen molar-refractivity contribution in [2.75, 3.05) is 0 Å². The van der Waals surface area contributed by atoms with Crippen molar-refractivity contribution in [1.29, 1.82) is 0 Å². The van der Waals surface area contributed by atoms with Gasteiger partial charge in [0.2, 0.25) is 0 Å². The minimum Gasteiger partial charge on any atom is -0.336 e. The number of nitrogens with zero attached hydrogens (tertiary/aromatic N) is 2. The predicted molar refractivity (Wildman–Crippen MR) is 57.3 cm³/mol. The first kappa shape index (κ1) is 11.2. The van der Waals surface area contributed by atoms with Gasteiger partial charge >= 0.3 is 0 Å². The van der Waals surface area contributed by atoms with Crippen LogP contribution in [0.25, 0.3) is 0 Å². The lowest BCUT2D eigenvalue weighted by Crippen LogP contribution is -2.30. The largest absolute Gasteiger partial charge is 0.336 e. The third-order valence-corrected chi connectivity index (χ3v) is 2.75. The van der Waals surface area contributed by atoms with Crippen LogP contribution in [0, 0.1) is 5.92 Å². The maximum atomic E-state index is 5.54. The maximum Gasteiger partial charge on any atom is 0.0946 e. The second-order valence-corrected chi connectivity index (χ2v) is 3.90. The van der Waals surface area contributed by atoms with Crippen LogP contribution < -0.4 is 11.3 Å². The molecule has 4 heteroatoms. The molecular formula is C10H20N4. The molecule has 1 aromatic rings. The number of rotatable bonds is 5. The van der Waals surface area contributed by atoms with Gasteiger partial charge in [-0.05, 0) is 12.3 Å². The Labute approximate surface area is 85.5 Å². The average molecular weight is 196 g/mol. The van der Waals surface area contributed by atoms with Crippen LogP contribution in [0.3, 0.4) is 0 Å². The molecule has 1 heterocycles. The predicted octanol–water partition coefficient (Wildman–Crippen LogP) is 1.36. The molecule has 0 spiro atoms. The van der Waals surface area contributed by atoms with Gasteiger partial charge in [-0.2, -0.15) is 0 Å². The van der Waals surface area contributed by atoms with E-state index in [1.165, 1.54) is 6.42 Å². The minimum absolute atomic E-state index is 0.206. The van der Waals surface area contributed by atoms with Gasteiger partial charge in [-0.1, -0.05) is 20.3 Å². The summed E-state index contributed by atoms with van der Waals surface area (Å²) < 4.78 is 2.01. The molecule has 0 fully saturated rings. The van der Waals surface area contributed by atoms with E-state index in [2.05, 4.69) is 24.3 Å². The highest BCUT2D eigenvalue weighted by molar-refractivity contribution is 5.04. The number of aromatic nitrogens is 2. The van der Waals surface area contributed by atoms with Gasteiger partial charge in [-0.25, -0.2) is 4.98 Å². The molecule has 1 rings (SSSR count). The molecule has 0 aliphatic carbocycles. The molecule has 14 heavy (non-hydrogen) atoms. The summed E-state index contributed by atoms with van der Waals surface area (Å²) >= 11 is 0. The lowest BCUT2D eigenvalue weighted by molar-refractivity contribution is 0.395. The van der Waals surface area contributed by atoms with Gasteiger partial charge in [0.05, 0.1) is 18.1 Å². The number of nitrogens with one attached hydrogen (secondary N) is 1. The van der Waals surface area contributed by atoms with Crippen molar-refractivity contribution in [3.63, 3.8) is 0 Å². The van der Waals surface area contributed by atoms with Crippen LogP contribution in [0.4, 0.5) is 0 Å². The molecule has 4 nitrogen and oxygen atoms in total. The fourth-order valence-electron chi connectivity index (χ4n) is 1.55. The van der Waals surface area contributed by atoms with Crippen molar-refractivity contribution in [2.45, 2.75) is 32.7 Å². The first-order valence-corrected chi connectivity index (χ1v) is 5.11. The van der Waals surface area contributed by atoms with E-state index in [0.29, 0.717) is 5.92 Å². The summed E-state index contributed by atoms with van der Waals surface area (Å²) in [6.07, 6.45) is 5.89. The fourth-order valence-corrected chi connectivity index (χ4v) is 1.55. The van der Waals surface area contributed by atoms with Crippen LogP contribution in [0.5, 0.6) is 0 Å². The van der Waals surface area contributed by atoms with Gasteiger partial charge in [-0.3, -0.25) is 11.3 Å². The van der Waals surface area contributed by atoms with E-state index in [0.717, 1.165) is 12.1 Å². The second kappa shape index (κ2) is 5.12. The Morgan fingerprint density at radius 2 is 2.36 bits per heavy atom. The van der Waals surface area contributed by atoms with Gasteiger partial charge in [0.1, 0.15) is 0 Å². The summed E-state index contributed by atoms with van der Waals surface area (Å²) in [6.45, 7) is 4.43. The highest BCUT2D eigenvalue weighted by Gasteiger charge is 2.15. The Bertz CT molecular complexity index is 269. The molecule has 0 saturated heterocycles. The normalized spacial score (nSPS) is 15.4. The van der Waals surface area contributed by atoms with Crippen LogP contribution in [-0.2, 0) is 7.05 Å². The molecule has 3 N–H and O–H groups in total. The lowest BCUT2D eigenvalue weighted by Gasteiger charge is -2.19. The molecule has 0 bridgehead atoms. The van der Waals surface area contributed by atoms with E-state index < -0.39 is 0 Å². The van der Waals surface area contributed by atoms with Crippen molar-refractivity contribution in [3.05, 3.63) is 18.2 Å². The number of hydrogen-bond acceptors (Lipinski definition) is 3. The molecule has 80 valence electrons. The van der Waals surface area contributed by atoms with Crippen LogP contribution in [0.15, 0.2) is 12.5 Å². The van der Waals surface area contributed by atoms with E-state index in [-0.39, 0.29) is 6.04 Å². The number of hydrogen-bond donors (Lipinski definition) is 2. The van der Waals surface area contributed by atoms with E-state index in [4.69, 9.17) is 5.84 Å². The molecule has 0 radical (unpaired) electrons. The van der Waals surface area contributed by atoms with E-state index in [1.54, 1.807) is 6.33 Å². The average Bonchev–Trinajstić information content (AvgIpc) is 2.60. The first-order chi connectivity index (χ1) is 6.69. The van der Waals surface area contributed by atoms with Crippen molar-refractivity contribution in [1.82, 2.24) is 15.0 Å². The lowest BCUT2D eigenvalue weighted by atomic mass is 9.98. The number of nitrogens with two attached hydrogens (primary N) is 1. The summed E-state index contributed by atoms with van der Waals surface area (Å²) in [5.74, 6) is 6.22. The molecule has 0 aromatic carbocycles. The number of aryl methyl sites for hydroxylation is 1. The fraction of sp³-hybridized carbons (Fsp3) is 0.700. The van der Waals surface area contributed by atoms with Gasteiger partial charge in [-0.15, -0.1) is 0 Å². The van der Waals surface area contributed by atoms with Crippen LogP contribution >= 0.6 is 0 Å². The Morgan fingerprint density at radius 3 is 2.79 bits per heavy atom. The zero-order chi connectivity index (χ0) is 10.6. The third-order valence-electron chi connectivity index (χ3n) is 2.75. The summed E-state index contributed by atoms with van der Waals surface area (Å²) in [5.41, 5.74) is 4.00. The SMILES string of the molecule is CCC(C)CC(NN)c1cncn1C. The first-order valence-electron chi connectivity index (χ1n) is 5.11. The Hall–Kier alpha value is -0.870. The monoisotopic (exact) mass is 196 g/mol. The summed E-state index contributed by atoms with van der Waals surface area (Å²) in [7, 11) is 1.99. The van der Waals surface area contributed by atoms with Gasteiger partial charge in [0.25, 0.3) is 0 Å². The van der Waals surface area contributed by atoms with Gasteiger partial charge < -0.3 is 4.57 Å². The summed E-state index contributed by atoms with van der Waals surface area (Å²) in [6, 6.07) is 0.206. The second-order valence-electron chi connectivity index (χ2n) is 3.90. The third kappa shape index (κ3) is 2.56. The molecule has 0 amide bonds. The maximum absolute atomic E-state index is 5.54. The quantitative estimate of drug-likeness (QED) is 0.552. The molecule has 0 aliphatic heterocycles. The molecular weight excluding hydrogens is 176 g/mol. The summed E-state index contributed by atoms with van der Waals surface area (Å²) in [4.78, 5) is 4.09. The number of hydrazine groups is 1. The zero-order valence-electron chi connectivity index (χ0n) is 9.20. The van der Waals surface area contributed by atoms with Crippen LogP contribution in [-0.4, -0.2) is 9.55 Å². The Balaban J connectivity index is 2.67. The van der Waals surface area contributed by atoms with Crippen molar-refractivity contribution >= 4 is 0 Å². The van der Waals surface area contributed by atoms with Crippen molar-refractivity contribution in [3.8, 4) is 0 Å². The molecule has 0 aliphatic rings. The highest BCUT2D eigenvalue weighted by Crippen LogP contribution is 2.21. The zero-order valence-corrected chi connectivity index (χ0v) is 9.20. The van der Waals surface area contributed by atoms with Crippen LogP contribution in [0.1, 0.15) is 38.4 Å². The highest BCUT2D eigenvalue weighted by atomic mass is 15.2. The molecule has 2 atom stereocenters. The van der Waals surface area contributed by atoms with Crippen molar-refractivity contribution in [2.24, 2.45) is 18.8 Å². The molecule has 2 unspecified atom stereocenters. The smallest absolute Gasteiger partial charge is 0.0946 e. The summed E-state index contributed by atoms with van der Waals surface area (Å²) in [5, 5.41) is 0. The Kier molecular flexibility index (Phi) is 4.10. The van der Waals surface area contributed by atoms with Crippen LogP contribution in [0.2, 0.25) is 0 Å². The van der Waals surface area contributed by atoms with Gasteiger partial charge in [0, 0.05) is 13.2 Å². The standard InChI is InChI=1S/C10H20N4/c1-4-8(2)5-9(13-11)10-6-12-7-14(10)3/h6-9,13H,4-5,11H2,1-3H3. The van der Waals surface area contributed by atoms with Crippen molar-refractivity contribution < 1.29 is 0 Å². The molecule has 1 aromatic heterocycles. The van der Waals surface area contributed by atoms with E-state index in [9.17, 15) is 0 Å². The topological polar surface area (TPSA) is 55.9 Å².